The average Bonchev–Trinajstić information content (AvgIpc) is 2.40. The SMILES string of the molecule is CNC(c1ccc(F)c(F)c1)c1cc(C)c(F)cc1Cl. The maximum atomic E-state index is 13.4. The molecule has 0 bridgehead atoms. The van der Waals surface area contributed by atoms with Gasteiger partial charge in [-0.1, -0.05) is 17.7 Å². The lowest BCUT2D eigenvalue weighted by Gasteiger charge is -2.19. The lowest BCUT2D eigenvalue weighted by Crippen LogP contribution is -2.18. The van der Waals surface area contributed by atoms with Crippen molar-refractivity contribution in [2.45, 2.75) is 13.0 Å². The lowest BCUT2D eigenvalue weighted by atomic mass is 9.97. The molecule has 0 heterocycles. The fraction of sp³-hybridized carbons (Fsp3) is 0.200. The zero-order valence-electron chi connectivity index (χ0n) is 11.0. The van der Waals surface area contributed by atoms with Crippen molar-refractivity contribution in [3.8, 4) is 0 Å². The first-order valence-corrected chi connectivity index (χ1v) is 6.39. The Morgan fingerprint density at radius 3 is 2.30 bits per heavy atom. The first-order chi connectivity index (χ1) is 9.43. The predicted molar refractivity (Wildman–Crippen MR) is 73.4 cm³/mol. The molecule has 0 aromatic heterocycles. The van der Waals surface area contributed by atoms with Crippen molar-refractivity contribution in [3.63, 3.8) is 0 Å². The van der Waals surface area contributed by atoms with Crippen LogP contribution in [0.5, 0.6) is 0 Å². The number of nitrogens with one attached hydrogen (secondary N) is 1. The van der Waals surface area contributed by atoms with E-state index in [2.05, 4.69) is 5.32 Å². The maximum Gasteiger partial charge on any atom is 0.159 e. The molecule has 1 atom stereocenters. The summed E-state index contributed by atoms with van der Waals surface area (Å²) in [5.74, 6) is -2.25. The van der Waals surface area contributed by atoms with Gasteiger partial charge in [0.1, 0.15) is 5.82 Å². The van der Waals surface area contributed by atoms with Crippen molar-refractivity contribution in [1.82, 2.24) is 5.32 Å². The molecular weight excluding hydrogens is 287 g/mol. The highest BCUT2D eigenvalue weighted by atomic mass is 35.5. The summed E-state index contributed by atoms with van der Waals surface area (Å²) in [5, 5.41) is 3.21. The van der Waals surface area contributed by atoms with Gasteiger partial charge in [0, 0.05) is 5.02 Å². The molecule has 0 aliphatic rings. The smallest absolute Gasteiger partial charge is 0.159 e. The zero-order valence-corrected chi connectivity index (χ0v) is 11.7. The van der Waals surface area contributed by atoms with Crippen LogP contribution in [0.15, 0.2) is 30.3 Å². The fourth-order valence-electron chi connectivity index (χ4n) is 2.09. The summed E-state index contributed by atoms with van der Waals surface area (Å²) in [5.41, 5.74) is 1.56. The quantitative estimate of drug-likeness (QED) is 0.887. The molecule has 0 aliphatic carbocycles. The highest BCUT2D eigenvalue weighted by Crippen LogP contribution is 2.30. The molecule has 0 radical (unpaired) electrons. The van der Waals surface area contributed by atoms with E-state index in [-0.39, 0.29) is 5.02 Å². The van der Waals surface area contributed by atoms with Gasteiger partial charge in [0.25, 0.3) is 0 Å². The van der Waals surface area contributed by atoms with Crippen LogP contribution < -0.4 is 5.32 Å². The van der Waals surface area contributed by atoms with Gasteiger partial charge < -0.3 is 5.32 Å². The Morgan fingerprint density at radius 1 is 1.00 bits per heavy atom. The van der Waals surface area contributed by atoms with E-state index >= 15 is 0 Å². The van der Waals surface area contributed by atoms with Gasteiger partial charge in [0.05, 0.1) is 6.04 Å². The standard InChI is InChI=1S/C15H13ClF3N/c1-8-5-10(11(16)7-13(8)18)15(20-2)9-3-4-12(17)14(19)6-9/h3-7,15,20H,1-2H3. The van der Waals surface area contributed by atoms with Gasteiger partial charge in [0.2, 0.25) is 0 Å². The molecule has 0 aliphatic heterocycles. The maximum absolute atomic E-state index is 13.4. The summed E-state index contributed by atoms with van der Waals surface area (Å²) in [7, 11) is 1.67. The number of aryl methyl sites for hydroxylation is 1. The second-order valence-electron chi connectivity index (χ2n) is 4.52. The minimum Gasteiger partial charge on any atom is -0.309 e. The third-order valence-corrected chi connectivity index (χ3v) is 3.48. The summed E-state index contributed by atoms with van der Waals surface area (Å²) in [6.07, 6.45) is 0. The van der Waals surface area contributed by atoms with E-state index in [0.29, 0.717) is 16.7 Å². The Kier molecular flexibility index (Phi) is 4.35. The highest BCUT2D eigenvalue weighted by Gasteiger charge is 2.18. The van der Waals surface area contributed by atoms with Gasteiger partial charge in [-0.25, -0.2) is 13.2 Å². The third kappa shape index (κ3) is 2.81. The van der Waals surface area contributed by atoms with Crippen molar-refractivity contribution in [1.29, 1.82) is 0 Å². The number of benzene rings is 2. The van der Waals surface area contributed by atoms with Crippen molar-refractivity contribution in [3.05, 3.63) is 69.5 Å². The van der Waals surface area contributed by atoms with Crippen LogP contribution >= 0.6 is 11.6 Å². The highest BCUT2D eigenvalue weighted by molar-refractivity contribution is 6.31. The lowest BCUT2D eigenvalue weighted by molar-refractivity contribution is 0.505. The molecule has 0 amide bonds. The van der Waals surface area contributed by atoms with E-state index in [4.69, 9.17) is 11.6 Å². The average molecular weight is 300 g/mol. The largest absolute Gasteiger partial charge is 0.309 e. The van der Waals surface area contributed by atoms with E-state index in [1.807, 2.05) is 0 Å². The summed E-state index contributed by atoms with van der Waals surface area (Å²) < 4.78 is 39.8. The number of hydrogen-bond acceptors (Lipinski definition) is 1. The normalized spacial score (nSPS) is 12.5. The summed E-state index contributed by atoms with van der Waals surface area (Å²) in [6, 6.07) is 5.99. The van der Waals surface area contributed by atoms with Crippen LogP contribution in [0.2, 0.25) is 5.02 Å². The zero-order chi connectivity index (χ0) is 14.9. The minimum atomic E-state index is -0.933. The first kappa shape index (κ1) is 14.9. The molecule has 1 N–H and O–H groups in total. The molecular formula is C15H13ClF3N. The first-order valence-electron chi connectivity index (χ1n) is 6.01. The summed E-state index contributed by atoms with van der Waals surface area (Å²) in [6.45, 7) is 1.62. The monoisotopic (exact) mass is 299 g/mol. The fourth-order valence-corrected chi connectivity index (χ4v) is 2.35. The molecule has 2 aromatic rings. The number of rotatable bonds is 3. The van der Waals surface area contributed by atoms with Gasteiger partial charge in [-0.15, -0.1) is 0 Å². The van der Waals surface area contributed by atoms with Crippen LogP contribution in [0.25, 0.3) is 0 Å². The van der Waals surface area contributed by atoms with E-state index in [1.54, 1.807) is 20.0 Å². The minimum absolute atomic E-state index is 0.234. The Labute approximate surface area is 120 Å². The molecule has 0 spiro atoms. The molecule has 2 rings (SSSR count). The molecule has 5 heteroatoms. The van der Waals surface area contributed by atoms with Gasteiger partial charge in [-0.3, -0.25) is 0 Å². The topological polar surface area (TPSA) is 12.0 Å². The summed E-state index contributed by atoms with van der Waals surface area (Å²) >= 11 is 6.05. The summed E-state index contributed by atoms with van der Waals surface area (Å²) in [4.78, 5) is 0. The van der Waals surface area contributed by atoms with Crippen molar-refractivity contribution in [2.24, 2.45) is 0 Å². The van der Waals surface area contributed by atoms with Crippen LogP contribution in [-0.2, 0) is 0 Å². The van der Waals surface area contributed by atoms with Crippen LogP contribution in [0.1, 0.15) is 22.7 Å². The van der Waals surface area contributed by atoms with Gasteiger partial charge in [-0.2, -0.15) is 0 Å². The Bertz CT molecular complexity index is 643. The van der Waals surface area contributed by atoms with Gasteiger partial charge in [-0.05, 0) is 54.9 Å². The Hall–Kier alpha value is -1.52. The van der Waals surface area contributed by atoms with Gasteiger partial charge >= 0.3 is 0 Å². The molecule has 1 unspecified atom stereocenters. The van der Waals surface area contributed by atoms with E-state index in [1.165, 1.54) is 12.1 Å². The molecule has 0 fully saturated rings. The van der Waals surface area contributed by atoms with E-state index < -0.39 is 23.5 Å². The molecule has 0 saturated heterocycles. The Balaban J connectivity index is 2.52. The number of hydrogen-bond donors (Lipinski definition) is 1. The van der Waals surface area contributed by atoms with Gasteiger partial charge in [0.15, 0.2) is 11.6 Å². The second kappa shape index (κ2) is 5.85. The third-order valence-electron chi connectivity index (χ3n) is 3.15. The van der Waals surface area contributed by atoms with Crippen molar-refractivity contribution >= 4 is 11.6 Å². The van der Waals surface area contributed by atoms with E-state index in [0.717, 1.165) is 12.1 Å². The van der Waals surface area contributed by atoms with Crippen molar-refractivity contribution in [2.75, 3.05) is 7.05 Å². The second-order valence-corrected chi connectivity index (χ2v) is 4.93. The van der Waals surface area contributed by atoms with Crippen molar-refractivity contribution < 1.29 is 13.2 Å². The molecule has 2 aromatic carbocycles. The van der Waals surface area contributed by atoms with Crippen LogP contribution in [0.4, 0.5) is 13.2 Å². The predicted octanol–water partition coefficient (Wildman–Crippen LogP) is 4.37. The molecule has 1 nitrogen and oxygen atoms in total. The van der Waals surface area contributed by atoms with Crippen LogP contribution in [-0.4, -0.2) is 7.05 Å². The van der Waals surface area contributed by atoms with Crippen LogP contribution in [0.3, 0.4) is 0 Å². The molecule has 106 valence electrons. The van der Waals surface area contributed by atoms with Crippen LogP contribution in [0, 0.1) is 24.4 Å². The number of halogens is 4. The molecule has 0 saturated carbocycles. The Morgan fingerprint density at radius 2 is 1.70 bits per heavy atom. The van der Waals surface area contributed by atoms with E-state index in [9.17, 15) is 13.2 Å². The molecule has 20 heavy (non-hydrogen) atoms.